The van der Waals surface area contributed by atoms with E-state index in [1.54, 1.807) is 25.1 Å². The second-order valence-electron chi connectivity index (χ2n) is 5.40. The van der Waals surface area contributed by atoms with Gasteiger partial charge in [-0.3, -0.25) is 0 Å². The van der Waals surface area contributed by atoms with Crippen molar-refractivity contribution in [3.05, 3.63) is 35.6 Å². The summed E-state index contributed by atoms with van der Waals surface area (Å²) in [5, 5.41) is 22.9. The molecule has 0 heterocycles. The maximum atomic E-state index is 13.4. The molecule has 19 heavy (non-hydrogen) atoms. The number of likely N-dealkylation sites (N-methyl/N-ethyl adjacent to an activating group) is 1. The molecule has 4 nitrogen and oxygen atoms in total. The summed E-state index contributed by atoms with van der Waals surface area (Å²) < 4.78 is 13.4. The number of hydrogen-bond acceptors (Lipinski definition) is 4. The molecule has 2 atom stereocenters. The van der Waals surface area contributed by atoms with Crippen LogP contribution in [0.5, 0.6) is 0 Å². The van der Waals surface area contributed by atoms with Crippen LogP contribution in [0, 0.1) is 5.82 Å². The first kappa shape index (κ1) is 16.0. The first-order chi connectivity index (χ1) is 8.82. The van der Waals surface area contributed by atoms with Crippen LogP contribution in [0.25, 0.3) is 0 Å². The molecule has 0 aliphatic heterocycles. The summed E-state index contributed by atoms with van der Waals surface area (Å²) in [6, 6.07) is 6.14. The van der Waals surface area contributed by atoms with Gasteiger partial charge in [0.2, 0.25) is 0 Å². The lowest BCUT2D eigenvalue weighted by Crippen LogP contribution is -2.46. The molecular formula is C14H23FN2O2. The van der Waals surface area contributed by atoms with E-state index in [2.05, 4.69) is 5.32 Å². The summed E-state index contributed by atoms with van der Waals surface area (Å²) in [6.45, 7) is 2.76. The van der Waals surface area contributed by atoms with E-state index in [0.717, 1.165) is 0 Å². The number of benzene rings is 1. The van der Waals surface area contributed by atoms with Gasteiger partial charge in [0, 0.05) is 25.2 Å². The highest BCUT2D eigenvalue weighted by Gasteiger charge is 2.21. The molecule has 0 aliphatic rings. The molecule has 2 unspecified atom stereocenters. The van der Waals surface area contributed by atoms with Gasteiger partial charge in [0.1, 0.15) is 5.82 Å². The summed E-state index contributed by atoms with van der Waals surface area (Å²) in [6.07, 6.45) is -0.920. The van der Waals surface area contributed by atoms with Crippen LogP contribution in [0.15, 0.2) is 24.3 Å². The number of aliphatic hydroxyl groups is 2. The average molecular weight is 270 g/mol. The van der Waals surface area contributed by atoms with Gasteiger partial charge in [-0.05, 0) is 27.1 Å². The summed E-state index contributed by atoms with van der Waals surface area (Å²) in [5.41, 5.74) is -0.624. The number of nitrogens with zero attached hydrogens (tertiary/aromatic N) is 1. The smallest absolute Gasteiger partial charge is 0.129 e. The van der Waals surface area contributed by atoms with Crippen LogP contribution in [-0.4, -0.2) is 54.4 Å². The van der Waals surface area contributed by atoms with E-state index in [9.17, 15) is 14.6 Å². The van der Waals surface area contributed by atoms with Crippen LogP contribution in [0.3, 0.4) is 0 Å². The molecule has 1 aromatic rings. The minimum atomic E-state index is -0.920. The Bertz CT molecular complexity index is 397. The van der Waals surface area contributed by atoms with Crippen molar-refractivity contribution in [1.29, 1.82) is 0 Å². The van der Waals surface area contributed by atoms with Crippen LogP contribution in [0.2, 0.25) is 0 Å². The summed E-state index contributed by atoms with van der Waals surface area (Å²) >= 11 is 0. The van der Waals surface area contributed by atoms with Crippen molar-refractivity contribution >= 4 is 0 Å². The van der Waals surface area contributed by atoms with Crippen molar-refractivity contribution in [2.75, 3.05) is 33.7 Å². The van der Waals surface area contributed by atoms with Crippen molar-refractivity contribution in [3.8, 4) is 0 Å². The molecule has 5 heteroatoms. The first-order valence-corrected chi connectivity index (χ1v) is 6.32. The molecule has 0 aliphatic carbocycles. The first-order valence-electron chi connectivity index (χ1n) is 6.32. The lowest BCUT2D eigenvalue weighted by atomic mass is 10.1. The lowest BCUT2D eigenvalue weighted by Gasteiger charge is -2.27. The van der Waals surface area contributed by atoms with E-state index in [0.29, 0.717) is 13.1 Å². The molecule has 3 N–H and O–H groups in total. The highest BCUT2D eigenvalue weighted by atomic mass is 19.1. The van der Waals surface area contributed by atoms with Crippen molar-refractivity contribution in [1.82, 2.24) is 10.2 Å². The Morgan fingerprint density at radius 1 is 1.37 bits per heavy atom. The molecule has 0 saturated heterocycles. The zero-order chi connectivity index (χ0) is 14.5. The zero-order valence-electron chi connectivity index (χ0n) is 11.7. The quantitative estimate of drug-likeness (QED) is 0.685. The highest BCUT2D eigenvalue weighted by molar-refractivity contribution is 5.19. The maximum Gasteiger partial charge on any atom is 0.129 e. The number of rotatable bonds is 7. The van der Waals surface area contributed by atoms with Crippen LogP contribution in [0.1, 0.15) is 18.6 Å². The van der Waals surface area contributed by atoms with E-state index >= 15 is 0 Å². The molecule has 0 saturated carbocycles. The summed E-state index contributed by atoms with van der Waals surface area (Å²) in [7, 11) is 3.76. The van der Waals surface area contributed by atoms with Gasteiger partial charge >= 0.3 is 0 Å². The molecule has 1 rings (SSSR count). The van der Waals surface area contributed by atoms with Crippen molar-refractivity contribution in [2.45, 2.75) is 18.6 Å². The minimum Gasteiger partial charge on any atom is -0.388 e. The van der Waals surface area contributed by atoms with E-state index < -0.39 is 17.5 Å². The van der Waals surface area contributed by atoms with E-state index in [1.165, 1.54) is 6.07 Å². The Balaban J connectivity index is 2.43. The Kier molecular flexibility index (Phi) is 5.87. The molecule has 0 amide bonds. The van der Waals surface area contributed by atoms with Gasteiger partial charge in [0.25, 0.3) is 0 Å². The maximum absolute atomic E-state index is 13.4. The Hall–Kier alpha value is -1.01. The van der Waals surface area contributed by atoms with E-state index in [1.807, 2.05) is 19.0 Å². The van der Waals surface area contributed by atoms with Gasteiger partial charge in [-0.15, -0.1) is 0 Å². The predicted molar refractivity (Wildman–Crippen MR) is 73.4 cm³/mol. The molecule has 1 aromatic carbocycles. The van der Waals surface area contributed by atoms with E-state index in [4.69, 9.17) is 0 Å². The monoisotopic (exact) mass is 270 g/mol. The Morgan fingerprint density at radius 3 is 2.58 bits per heavy atom. The zero-order valence-corrected chi connectivity index (χ0v) is 11.7. The Morgan fingerprint density at radius 2 is 2.00 bits per heavy atom. The van der Waals surface area contributed by atoms with Crippen molar-refractivity contribution < 1.29 is 14.6 Å². The molecule has 0 bridgehead atoms. The lowest BCUT2D eigenvalue weighted by molar-refractivity contribution is 0.0307. The Labute approximate surface area is 113 Å². The third-order valence-electron chi connectivity index (χ3n) is 2.76. The second-order valence-corrected chi connectivity index (χ2v) is 5.40. The van der Waals surface area contributed by atoms with Gasteiger partial charge in [-0.25, -0.2) is 4.39 Å². The third kappa shape index (κ3) is 5.65. The normalized spacial score (nSPS) is 16.4. The summed E-state index contributed by atoms with van der Waals surface area (Å²) in [5.74, 6) is -0.420. The fourth-order valence-corrected chi connectivity index (χ4v) is 2.07. The van der Waals surface area contributed by atoms with Gasteiger partial charge in [0.15, 0.2) is 0 Å². The van der Waals surface area contributed by atoms with Crippen LogP contribution in [-0.2, 0) is 0 Å². The van der Waals surface area contributed by atoms with Gasteiger partial charge in [-0.2, -0.15) is 0 Å². The van der Waals surface area contributed by atoms with Crippen LogP contribution in [0.4, 0.5) is 4.39 Å². The summed E-state index contributed by atoms with van der Waals surface area (Å²) in [4.78, 5) is 1.88. The number of hydrogen-bond donors (Lipinski definition) is 3. The molecule has 0 radical (unpaired) electrons. The fourth-order valence-electron chi connectivity index (χ4n) is 2.07. The average Bonchev–Trinajstić information content (AvgIpc) is 2.27. The van der Waals surface area contributed by atoms with Gasteiger partial charge in [0.05, 0.1) is 11.7 Å². The SMILES string of the molecule is CN(C)CC(C)(O)CNCC(O)c1ccccc1F. The minimum absolute atomic E-state index is 0.199. The highest BCUT2D eigenvalue weighted by Crippen LogP contribution is 2.15. The third-order valence-corrected chi connectivity index (χ3v) is 2.76. The number of nitrogens with one attached hydrogen (secondary N) is 1. The van der Waals surface area contributed by atoms with Gasteiger partial charge < -0.3 is 20.4 Å². The van der Waals surface area contributed by atoms with Crippen LogP contribution < -0.4 is 5.32 Å². The van der Waals surface area contributed by atoms with Crippen molar-refractivity contribution in [2.24, 2.45) is 0 Å². The number of aliphatic hydroxyl groups excluding tert-OH is 1. The van der Waals surface area contributed by atoms with Gasteiger partial charge in [-0.1, -0.05) is 18.2 Å². The molecule has 0 fully saturated rings. The van der Waals surface area contributed by atoms with Crippen molar-refractivity contribution in [3.63, 3.8) is 0 Å². The number of halogens is 1. The fraction of sp³-hybridized carbons (Fsp3) is 0.571. The molecule has 0 spiro atoms. The standard InChI is InChI=1S/C14H23FN2O2/c1-14(19,10-17(2)3)9-16-8-13(18)11-6-4-5-7-12(11)15/h4-7,13,16,18-19H,8-10H2,1-3H3. The molecule has 0 aromatic heterocycles. The van der Waals surface area contributed by atoms with E-state index in [-0.39, 0.29) is 12.1 Å². The second kappa shape index (κ2) is 6.96. The molecular weight excluding hydrogens is 247 g/mol. The predicted octanol–water partition coefficient (Wildman–Crippen LogP) is 0.761. The molecule has 108 valence electrons. The largest absolute Gasteiger partial charge is 0.388 e. The van der Waals surface area contributed by atoms with Crippen LogP contribution >= 0.6 is 0 Å². The topological polar surface area (TPSA) is 55.7 Å².